The highest BCUT2D eigenvalue weighted by Gasteiger charge is 2.25. The Bertz CT molecular complexity index is 398. The Balaban J connectivity index is 1.89. The maximum Gasteiger partial charge on any atom is 0.315 e. The SMILES string of the molecule is CC1CCN(C(=O)C(=O)Nc2nncs2)CC1. The van der Waals surface area contributed by atoms with E-state index in [9.17, 15) is 9.59 Å². The van der Waals surface area contributed by atoms with Crippen molar-refractivity contribution in [2.24, 2.45) is 5.92 Å². The van der Waals surface area contributed by atoms with Crippen LogP contribution in [0.1, 0.15) is 19.8 Å². The number of piperidine rings is 1. The van der Waals surface area contributed by atoms with Gasteiger partial charge in [-0.3, -0.25) is 14.9 Å². The Morgan fingerprint density at radius 2 is 2.18 bits per heavy atom. The highest BCUT2D eigenvalue weighted by Crippen LogP contribution is 2.16. The number of hydrogen-bond acceptors (Lipinski definition) is 5. The Labute approximate surface area is 103 Å². The number of likely N-dealkylation sites (tertiary alicyclic amines) is 1. The van der Waals surface area contributed by atoms with Crippen LogP contribution in [-0.2, 0) is 9.59 Å². The zero-order chi connectivity index (χ0) is 12.3. The molecule has 1 aliphatic heterocycles. The summed E-state index contributed by atoms with van der Waals surface area (Å²) in [7, 11) is 0. The predicted molar refractivity (Wildman–Crippen MR) is 63.5 cm³/mol. The van der Waals surface area contributed by atoms with Crippen LogP contribution in [-0.4, -0.2) is 40.0 Å². The van der Waals surface area contributed by atoms with E-state index in [0.29, 0.717) is 24.1 Å². The summed E-state index contributed by atoms with van der Waals surface area (Å²) in [5, 5.41) is 10.0. The molecule has 0 radical (unpaired) electrons. The first-order valence-electron chi connectivity index (χ1n) is 5.53. The summed E-state index contributed by atoms with van der Waals surface area (Å²) in [4.78, 5) is 25.0. The minimum absolute atomic E-state index is 0.355. The van der Waals surface area contributed by atoms with Crippen molar-refractivity contribution in [1.29, 1.82) is 0 Å². The maximum absolute atomic E-state index is 11.8. The van der Waals surface area contributed by atoms with Gasteiger partial charge >= 0.3 is 11.8 Å². The largest absolute Gasteiger partial charge is 0.334 e. The zero-order valence-electron chi connectivity index (χ0n) is 9.55. The fraction of sp³-hybridized carbons (Fsp3) is 0.600. The number of rotatable bonds is 1. The molecular weight excluding hydrogens is 240 g/mol. The van der Waals surface area contributed by atoms with E-state index in [2.05, 4.69) is 22.4 Å². The van der Waals surface area contributed by atoms with Gasteiger partial charge in [0.1, 0.15) is 5.51 Å². The molecule has 0 saturated carbocycles. The molecule has 17 heavy (non-hydrogen) atoms. The lowest BCUT2D eigenvalue weighted by molar-refractivity contribution is -0.144. The summed E-state index contributed by atoms with van der Waals surface area (Å²) in [6.07, 6.45) is 1.91. The van der Waals surface area contributed by atoms with E-state index in [-0.39, 0.29) is 0 Å². The molecule has 1 N–H and O–H groups in total. The third kappa shape index (κ3) is 3.00. The molecule has 2 amide bonds. The molecule has 1 aliphatic rings. The predicted octanol–water partition coefficient (Wildman–Crippen LogP) is 0.735. The molecule has 0 aromatic carbocycles. The van der Waals surface area contributed by atoms with Gasteiger partial charge in [0.25, 0.3) is 0 Å². The Morgan fingerprint density at radius 3 is 2.76 bits per heavy atom. The summed E-state index contributed by atoms with van der Waals surface area (Å²) in [5.41, 5.74) is 1.50. The van der Waals surface area contributed by atoms with Crippen LogP contribution >= 0.6 is 11.3 Å². The lowest BCUT2D eigenvalue weighted by Gasteiger charge is -2.29. The molecule has 1 aromatic rings. The van der Waals surface area contributed by atoms with Gasteiger partial charge in [0.05, 0.1) is 0 Å². The lowest BCUT2D eigenvalue weighted by Crippen LogP contribution is -2.43. The number of hydrogen-bond donors (Lipinski definition) is 1. The standard InChI is InChI=1S/C10H14N4O2S/c1-7-2-4-14(5-3-7)9(16)8(15)12-10-13-11-6-17-10/h6-7H,2-5H2,1H3,(H,12,13,15). The van der Waals surface area contributed by atoms with Crippen LogP contribution in [0.2, 0.25) is 0 Å². The Morgan fingerprint density at radius 1 is 1.47 bits per heavy atom. The van der Waals surface area contributed by atoms with Crippen LogP contribution in [0.5, 0.6) is 0 Å². The molecule has 2 heterocycles. The number of carbonyl (C=O) groups is 2. The van der Waals surface area contributed by atoms with Crippen LogP contribution in [0, 0.1) is 5.92 Å². The van der Waals surface area contributed by atoms with Crippen molar-refractivity contribution in [1.82, 2.24) is 15.1 Å². The molecule has 0 spiro atoms. The third-order valence-electron chi connectivity index (χ3n) is 2.85. The molecule has 1 saturated heterocycles. The van der Waals surface area contributed by atoms with Gasteiger partial charge in [0.2, 0.25) is 5.13 Å². The van der Waals surface area contributed by atoms with E-state index in [1.165, 1.54) is 16.8 Å². The molecule has 1 aromatic heterocycles. The Kier molecular flexibility index (Phi) is 3.68. The van der Waals surface area contributed by atoms with Crippen LogP contribution < -0.4 is 5.32 Å². The van der Waals surface area contributed by atoms with Crippen molar-refractivity contribution < 1.29 is 9.59 Å². The highest BCUT2D eigenvalue weighted by molar-refractivity contribution is 7.13. The van der Waals surface area contributed by atoms with E-state index >= 15 is 0 Å². The fourth-order valence-corrected chi connectivity index (χ4v) is 2.17. The van der Waals surface area contributed by atoms with Crippen LogP contribution in [0.3, 0.4) is 0 Å². The second kappa shape index (κ2) is 5.22. The van der Waals surface area contributed by atoms with Crippen molar-refractivity contribution in [3.63, 3.8) is 0 Å². The van der Waals surface area contributed by atoms with Gasteiger partial charge in [-0.05, 0) is 18.8 Å². The fourth-order valence-electron chi connectivity index (χ4n) is 1.73. The van der Waals surface area contributed by atoms with E-state index in [1.807, 2.05) is 0 Å². The van der Waals surface area contributed by atoms with Crippen molar-refractivity contribution in [2.75, 3.05) is 18.4 Å². The van der Waals surface area contributed by atoms with Gasteiger partial charge in [0, 0.05) is 13.1 Å². The number of amides is 2. The van der Waals surface area contributed by atoms with Crippen molar-refractivity contribution in [2.45, 2.75) is 19.8 Å². The first-order chi connectivity index (χ1) is 8.16. The molecule has 0 aliphatic carbocycles. The van der Waals surface area contributed by atoms with Crippen molar-refractivity contribution >= 4 is 28.3 Å². The van der Waals surface area contributed by atoms with E-state index in [4.69, 9.17) is 0 Å². The van der Waals surface area contributed by atoms with Gasteiger partial charge < -0.3 is 4.90 Å². The summed E-state index contributed by atoms with van der Waals surface area (Å²) in [5.74, 6) is -0.478. The molecular formula is C10H14N4O2S. The first-order valence-corrected chi connectivity index (χ1v) is 6.41. The number of aromatic nitrogens is 2. The van der Waals surface area contributed by atoms with Gasteiger partial charge in [-0.25, -0.2) is 0 Å². The van der Waals surface area contributed by atoms with E-state index in [0.717, 1.165) is 12.8 Å². The van der Waals surface area contributed by atoms with Crippen LogP contribution in [0.25, 0.3) is 0 Å². The summed E-state index contributed by atoms with van der Waals surface area (Å²) >= 11 is 1.19. The lowest BCUT2D eigenvalue weighted by atomic mass is 9.99. The number of carbonyl (C=O) groups excluding carboxylic acids is 2. The minimum atomic E-state index is -0.628. The first kappa shape index (κ1) is 12.0. The second-order valence-electron chi connectivity index (χ2n) is 4.17. The Hall–Kier alpha value is -1.50. The molecule has 0 unspecified atom stereocenters. The zero-order valence-corrected chi connectivity index (χ0v) is 10.4. The highest BCUT2D eigenvalue weighted by atomic mass is 32.1. The van der Waals surface area contributed by atoms with Crippen LogP contribution in [0.15, 0.2) is 5.51 Å². The monoisotopic (exact) mass is 254 g/mol. The van der Waals surface area contributed by atoms with Gasteiger partial charge in [-0.15, -0.1) is 10.2 Å². The average molecular weight is 254 g/mol. The van der Waals surface area contributed by atoms with Gasteiger partial charge in [0.15, 0.2) is 0 Å². The number of nitrogens with zero attached hydrogens (tertiary/aromatic N) is 3. The summed E-state index contributed by atoms with van der Waals surface area (Å²) < 4.78 is 0. The molecule has 7 heteroatoms. The molecule has 92 valence electrons. The van der Waals surface area contributed by atoms with Crippen molar-refractivity contribution in [3.8, 4) is 0 Å². The smallest absolute Gasteiger partial charge is 0.315 e. The summed E-state index contributed by atoms with van der Waals surface area (Å²) in [6, 6.07) is 0. The minimum Gasteiger partial charge on any atom is -0.334 e. The normalized spacial score (nSPS) is 16.9. The van der Waals surface area contributed by atoms with Gasteiger partial charge in [-0.1, -0.05) is 18.3 Å². The van der Waals surface area contributed by atoms with Crippen molar-refractivity contribution in [3.05, 3.63) is 5.51 Å². The number of anilines is 1. The molecule has 0 atom stereocenters. The molecule has 0 bridgehead atoms. The van der Waals surface area contributed by atoms with Gasteiger partial charge in [-0.2, -0.15) is 0 Å². The quantitative estimate of drug-likeness (QED) is 0.750. The third-order valence-corrected chi connectivity index (χ3v) is 3.45. The van der Waals surface area contributed by atoms with E-state index < -0.39 is 11.8 Å². The molecule has 1 fully saturated rings. The molecule has 2 rings (SSSR count). The topological polar surface area (TPSA) is 75.2 Å². The second-order valence-corrected chi connectivity index (χ2v) is 5.01. The molecule has 6 nitrogen and oxygen atoms in total. The van der Waals surface area contributed by atoms with E-state index in [1.54, 1.807) is 4.90 Å². The summed E-state index contributed by atoms with van der Waals surface area (Å²) in [6.45, 7) is 3.47. The average Bonchev–Trinajstić information content (AvgIpc) is 2.82. The maximum atomic E-state index is 11.8. The number of nitrogens with one attached hydrogen (secondary N) is 1. The van der Waals surface area contributed by atoms with Crippen LogP contribution in [0.4, 0.5) is 5.13 Å².